The molecule has 1 heterocycles. The van der Waals surface area contributed by atoms with Crippen LogP contribution in [0.5, 0.6) is 5.75 Å². The first-order chi connectivity index (χ1) is 18.9. The molecule has 0 aliphatic carbocycles. The van der Waals surface area contributed by atoms with Gasteiger partial charge in [-0.15, -0.1) is 11.3 Å². The van der Waals surface area contributed by atoms with E-state index in [0.29, 0.717) is 11.1 Å². The summed E-state index contributed by atoms with van der Waals surface area (Å²) in [4.78, 5) is 48.8. The van der Waals surface area contributed by atoms with Gasteiger partial charge < -0.3 is 10.1 Å². The number of amides is 2. The van der Waals surface area contributed by atoms with Crippen LogP contribution in [0.3, 0.4) is 0 Å². The lowest BCUT2D eigenvalue weighted by molar-refractivity contribution is -0.384. The number of non-ortho nitro benzene ring substituents is 1. The molecule has 0 atom stereocenters. The first kappa shape index (κ1) is 26.6. The minimum atomic E-state index is -0.690. The number of rotatable bonds is 9. The zero-order valence-corrected chi connectivity index (χ0v) is 21.0. The Labute approximate surface area is 226 Å². The molecule has 0 saturated carbocycles. The molecule has 0 saturated heterocycles. The number of hydrogen-bond donors (Lipinski definition) is 2. The predicted molar refractivity (Wildman–Crippen MR) is 146 cm³/mol. The maximum Gasteiger partial charge on any atom is 0.343 e. The molecule has 0 radical (unpaired) electrons. The lowest BCUT2D eigenvalue weighted by atomic mass is 10.2. The van der Waals surface area contributed by atoms with E-state index in [9.17, 15) is 24.5 Å². The van der Waals surface area contributed by atoms with E-state index < -0.39 is 22.7 Å². The normalized spacial score (nSPS) is 11.1. The monoisotopic (exact) mass is 540 g/mol. The molecule has 2 N–H and O–H groups in total. The average molecular weight is 541 g/mol. The van der Waals surface area contributed by atoms with Crippen molar-refractivity contribution < 1.29 is 24.0 Å². The van der Waals surface area contributed by atoms with Crippen LogP contribution in [0.25, 0.3) is 6.08 Å². The SMILES string of the molecule is O=C(N/N=C\c1cccc(OC(=O)c2ccc([N+](=O)[O-])cc2)c1)/C(=C/c1cccs1)NC(=O)c1ccccc1. The molecular formula is C28H20N4O6S. The second-order valence-corrected chi connectivity index (χ2v) is 8.84. The maximum absolute atomic E-state index is 12.8. The summed E-state index contributed by atoms with van der Waals surface area (Å²) in [6.45, 7) is 0. The van der Waals surface area contributed by atoms with E-state index in [1.165, 1.54) is 47.9 Å². The highest BCUT2D eigenvalue weighted by molar-refractivity contribution is 7.10. The van der Waals surface area contributed by atoms with E-state index in [4.69, 9.17) is 4.74 Å². The van der Waals surface area contributed by atoms with E-state index in [1.807, 2.05) is 11.4 Å². The van der Waals surface area contributed by atoms with Crippen molar-refractivity contribution in [2.75, 3.05) is 0 Å². The standard InChI is InChI=1S/C28H20N4O6S/c33-26(20-7-2-1-3-8-20)30-25(17-24-10-5-15-39-24)27(34)31-29-18-19-6-4-9-23(16-19)38-28(35)21-11-13-22(14-12-21)32(36)37/h1-18H,(H,30,33)(H,31,34)/b25-17-,29-18-. The predicted octanol–water partition coefficient (Wildman–Crippen LogP) is 4.80. The summed E-state index contributed by atoms with van der Waals surface area (Å²) in [5, 5.41) is 19.2. The van der Waals surface area contributed by atoms with Crippen molar-refractivity contribution in [2.45, 2.75) is 0 Å². The van der Waals surface area contributed by atoms with Crippen LogP contribution in [0.2, 0.25) is 0 Å². The molecule has 11 heteroatoms. The van der Waals surface area contributed by atoms with Crippen LogP contribution in [0.15, 0.2) is 107 Å². The Balaban J connectivity index is 1.41. The Kier molecular flexibility index (Phi) is 8.67. The number of thiophene rings is 1. The molecule has 194 valence electrons. The molecule has 1 aromatic heterocycles. The summed E-state index contributed by atoms with van der Waals surface area (Å²) < 4.78 is 5.34. The summed E-state index contributed by atoms with van der Waals surface area (Å²) in [7, 11) is 0. The quantitative estimate of drug-likeness (QED) is 0.0781. The second-order valence-electron chi connectivity index (χ2n) is 7.86. The van der Waals surface area contributed by atoms with E-state index in [2.05, 4.69) is 15.8 Å². The minimum Gasteiger partial charge on any atom is -0.423 e. The van der Waals surface area contributed by atoms with Crippen molar-refractivity contribution >= 4 is 47.1 Å². The molecular weight excluding hydrogens is 520 g/mol. The number of benzene rings is 3. The van der Waals surface area contributed by atoms with Gasteiger partial charge in [0.2, 0.25) is 0 Å². The summed E-state index contributed by atoms with van der Waals surface area (Å²) in [5.74, 6) is -1.56. The summed E-state index contributed by atoms with van der Waals surface area (Å²) >= 11 is 1.40. The Morgan fingerprint density at radius 1 is 0.897 bits per heavy atom. The minimum absolute atomic E-state index is 0.00855. The lowest BCUT2D eigenvalue weighted by Crippen LogP contribution is -2.32. The Morgan fingerprint density at radius 3 is 2.36 bits per heavy atom. The largest absolute Gasteiger partial charge is 0.423 e. The number of nitrogens with zero attached hydrogens (tertiary/aromatic N) is 2. The second kappa shape index (κ2) is 12.7. The number of nitro benzene ring substituents is 1. The zero-order chi connectivity index (χ0) is 27.6. The highest BCUT2D eigenvalue weighted by Gasteiger charge is 2.15. The van der Waals surface area contributed by atoms with Crippen LogP contribution < -0.4 is 15.5 Å². The fourth-order valence-corrected chi connectivity index (χ4v) is 3.88. The molecule has 2 amide bonds. The van der Waals surface area contributed by atoms with Gasteiger partial charge in [-0.05, 0) is 59.5 Å². The van der Waals surface area contributed by atoms with Gasteiger partial charge in [-0.2, -0.15) is 5.10 Å². The fourth-order valence-electron chi connectivity index (χ4n) is 3.23. The van der Waals surface area contributed by atoms with Crippen LogP contribution >= 0.6 is 11.3 Å². The van der Waals surface area contributed by atoms with Crippen molar-refractivity contribution in [3.8, 4) is 5.75 Å². The maximum atomic E-state index is 12.8. The summed E-state index contributed by atoms with van der Waals surface area (Å²) in [6, 6.07) is 23.6. The number of carbonyl (C=O) groups is 3. The van der Waals surface area contributed by atoms with Crippen LogP contribution in [0.1, 0.15) is 31.2 Å². The molecule has 0 unspecified atom stereocenters. The average Bonchev–Trinajstić information content (AvgIpc) is 3.46. The Morgan fingerprint density at radius 2 is 1.67 bits per heavy atom. The molecule has 0 aliphatic rings. The number of hydrogen-bond acceptors (Lipinski definition) is 8. The molecule has 39 heavy (non-hydrogen) atoms. The van der Waals surface area contributed by atoms with Gasteiger partial charge in [-0.1, -0.05) is 36.4 Å². The first-order valence-electron chi connectivity index (χ1n) is 11.4. The van der Waals surface area contributed by atoms with Gasteiger partial charge in [0.25, 0.3) is 17.5 Å². The van der Waals surface area contributed by atoms with Crippen LogP contribution in [-0.4, -0.2) is 28.9 Å². The summed E-state index contributed by atoms with van der Waals surface area (Å²) in [5.41, 5.74) is 3.32. The third-order valence-corrected chi connectivity index (χ3v) is 5.94. The van der Waals surface area contributed by atoms with E-state index in [1.54, 1.807) is 60.7 Å². The van der Waals surface area contributed by atoms with Gasteiger partial charge in [0, 0.05) is 22.6 Å². The molecule has 10 nitrogen and oxygen atoms in total. The molecule has 0 spiro atoms. The number of ether oxygens (including phenoxy) is 1. The number of nitrogens with one attached hydrogen (secondary N) is 2. The van der Waals surface area contributed by atoms with Gasteiger partial charge in [0.1, 0.15) is 11.4 Å². The van der Waals surface area contributed by atoms with Crippen LogP contribution in [0.4, 0.5) is 5.69 Å². The highest BCUT2D eigenvalue weighted by Crippen LogP contribution is 2.17. The van der Waals surface area contributed by atoms with Gasteiger partial charge >= 0.3 is 5.97 Å². The number of esters is 1. The molecule has 3 aromatic carbocycles. The lowest BCUT2D eigenvalue weighted by Gasteiger charge is -2.09. The topological polar surface area (TPSA) is 140 Å². The van der Waals surface area contributed by atoms with Crippen molar-refractivity contribution in [3.63, 3.8) is 0 Å². The Hall–Kier alpha value is -5.42. The molecule has 4 aromatic rings. The number of carbonyl (C=O) groups excluding carboxylic acids is 3. The smallest absolute Gasteiger partial charge is 0.343 e. The highest BCUT2D eigenvalue weighted by atomic mass is 32.1. The molecule has 0 bridgehead atoms. The zero-order valence-electron chi connectivity index (χ0n) is 20.1. The van der Waals surface area contributed by atoms with Crippen LogP contribution in [-0.2, 0) is 4.79 Å². The Bertz CT molecular complexity index is 1550. The van der Waals surface area contributed by atoms with E-state index in [-0.39, 0.29) is 22.7 Å². The van der Waals surface area contributed by atoms with Crippen LogP contribution in [0, 0.1) is 10.1 Å². The van der Waals surface area contributed by atoms with Gasteiger partial charge in [0.15, 0.2) is 0 Å². The first-order valence-corrected chi connectivity index (χ1v) is 12.3. The number of nitro groups is 1. The van der Waals surface area contributed by atoms with E-state index >= 15 is 0 Å². The van der Waals surface area contributed by atoms with Gasteiger partial charge in [0.05, 0.1) is 16.7 Å². The van der Waals surface area contributed by atoms with Crippen molar-refractivity contribution in [1.82, 2.24) is 10.7 Å². The third kappa shape index (κ3) is 7.54. The number of hydrazone groups is 1. The summed E-state index contributed by atoms with van der Waals surface area (Å²) in [6.07, 6.45) is 2.90. The van der Waals surface area contributed by atoms with Crippen molar-refractivity contribution in [2.24, 2.45) is 5.10 Å². The molecule has 0 fully saturated rings. The molecule has 4 rings (SSSR count). The van der Waals surface area contributed by atoms with Crippen molar-refractivity contribution in [1.29, 1.82) is 0 Å². The van der Waals surface area contributed by atoms with Crippen molar-refractivity contribution in [3.05, 3.63) is 134 Å². The van der Waals surface area contributed by atoms with E-state index in [0.717, 1.165) is 4.88 Å². The van der Waals surface area contributed by atoms with Gasteiger partial charge in [-0.3, -0.25) is 19.7 Å². The van der Waals surface area contributed by atoms with Gasteiger partial charge in [-0.25, -0.2) is 10.2 Å². The fraction of sp³-hybridized carbons (Fsp3) is 0. The molecule has 0 aliphatic heterocycles. The third-order valence-electron chi connectivity index (χ3n) is 5.12.